The van der Waals surface area contributed by atoms with Crippen molar-refractivity contribution in [2.75, 3.05) is 4.90 Å². The lowest BCUT2D eigenvalue weighted by Gasteiger charge is -2.23. The first-order valence-electron chi connectivity index (χ1n) is 9.02. The number of nitrogens with one attached hydrogen (secondary N) is 1. The van der Waals surface area contributed by atoms with Crippen molar-refractivity contribution in [3.05, 3.63) is 87.9 Å². The second-order valence-electron chi connectivity index (χ2n) is 6.63. The van der Waals surface area contributed by atoms with Crippen molar-refractivity contribution in [2.24, 2.45) is 0 Å². The predicted octanol–water partition coefficient (Wildman–Crippen LogP) is 3.58. The molecule has 1 atom stereocenters. The molecule has 0 amide bonds. The molecule has 0 fully saturated rings. The zero-order valence-electron chi connectivity index (χ0n) is 14.8. The minimum Gasteiger partial charge on any atom is -0.463 e. The van der Waals surface area contributed by atoms with E-state index in [9.17, 15) is 4.79 Å². The highest BCUT2D eigenvalue weighted by atomic mass is 16.3. The minimum atomic E-state index is -0.264. The van der Waals surface area contributed by atoms with Gasteiger partial charge < -0.3 is 14.3 Å². The van der Waals surface area contributed by atoms with E-state index < -0.39 is 0 Å². The van der Waals surface area contributed by atoms with E-state index in [2.05, 4.69) is 21.9 Å². The first kappa shape index (κ1) is 15.8. The van der Waals surface area contributed by atoms with Crippen molar-refractivity contribution in [1.29, 1.82) is 0 Å². The third-order valence-electron chi connectivity index (χ3n) is 5.06. The van der Waals surface area contributed by atoms with Crippen molar-refractivity contribution in [3.63, 3.8) is 0 Å². The quantitative estimate of drug-likeness (QED) is 0.606. The third kappa shape index (κ3) is 2.44. The summed E-state index contributed by atoms with van der Waals surface area (Å²) in [5, 5.41) is 0.694. The van der Waals surface area contributed by atoms with Crippen LogP contribution >= 0.6 is 0 Å². The van der Waals surface area contributed by atoms with Gasteiger partial charge in [0.1, 0.15) is 17.6 Å². The molecule has 1 N–H and O–H groups in total. The molecule has 5 rings (SSSR count). The zero-order valence-corrected chi connectivity index (χ0v) is 14.8. The molecule has 0 aliphatic carbocycles. The molecule has 0 spiro atoms. The smallest absolute Gasteiger partial charge is 0.226 e. The van der Waals surface area contributed by atoms with Crippen LogP contribution < -0.4 is 10.3 Å². The lowest BCUT2D eigenvalue weighted by Crippen LogP contribution is -2.24. The first-order valence-corrected chi connectivity index (χ1v) is 9.02. The fourth-order valence-electron chi connectivity index (χ4n) is 3.76. The number of aromatic nitrogens is 3. The summed E-state index contributed by atoms with van der Waals surface area (Å²) in [4.78, 5) is 27.4. The number of hydrogen-bond donors (Lipinski definition) is 1. The molecule has 4 aromatic rings. The SMILES string of the molecule is CCc1ccc(C2c3[nH]c4ccccc4c(=O)c3CN2c2ncccn2)o1. The number of furan rings is 1. The number of anilines is 1. The fraction of sp³-hybridized carbons (Fsp3) is 0.190. The number of aromatic amines is 1. The van der Waals surface area contributed by atoms with Crippen molar-refractivity contribution in [2.45, 2.75) is 25.9 Å². The minimum absolute atomic E-state index is 0.0463. The molecule has 27 heavy (non-hydrogen) atoms. The van der Waals surface area contributed by atoms with Gasteiger partial charge in [-0.3, -0.25) is 4.79 Å². The van der Waals surface area contributed by atoms with Crippen molar-refractivity contribution in [1.82, 2.24) is 15.0 Å². The number of fused-ring (bicyclic) bond motifs is 2. The molecule has 6 nitrogen and oxygen atoms in total. The van der Waals surface area contributed by atoms with Gasteiger partial charge in [-0.2, -0.15) is 0 Å². The number of rotatable bonds is 3. The fourth-order valence-corrected chi connectivity index (χ4v) is 3.76. The third-order valence-corrected chi connectivity index (χ3v) is 5.06. The number of aryl methyl sites for hydroxylation is 1. The van der Waals surface area contributed by atoms with Crippen LogP contribution in [0.4, 0.5) is 5.95 Å². The van der Waals surface area contributed by atoms with Crippen LogP contribution in [0.25, 0.3) is 10.9 Å². The topological polar surface area (TPSA) is 75.0 Å². The molecule has 1 aromatic carbocycles. The second-order valence-corrected chi connectivity index (χ2v) is 6.63. The Labute approximate surface area is 155 Å². The summed E-state index contributed by atoms with van der Waals surface area (Å²) in [5.74, 6) is 2.27. The van der Waals surface area contributed by atoms with Crippen LogP contribution in [0.15, 0.2) is 64.1 Å². The van der Waals surface area contributed by atoms with Crippen molar-refractivity contribution in [3.8, 4) is 0 Å². The van der Waals surface area contributed by atoms with E-state index in [1.807, 2.05) is 41.3 Å². The van der Waals surface area contributed by atoms with E-state index in [0.29, 0.717) is 17.9 Å². The number of pyridine rings is 1. The maximum atomic E-state index is 13.1. The van der Waals surface area contributed by atoms with Crippen LogP contribution in [0, 0.1) is 0 Å². The van der Waals surface area contributed by atoms with Crippen LogP contribution in [0.1, 0.15) is 35.7 Å². The normalized spacial score (nSPS) is 16.0. The highest BCUT2D eigenvalue weighted by Crippen LogP contribution is 2.39. The van der Waals surface area contributed by atoms with Crippen LogP contribution in [0.3, 0.4) is 0 Å². The Kier molecular flexibility index (Phi) is 3.57. The Hall–Kier alpha value is -3.41. The van der Waals surface area contributed by atoms with Gasteiger partial charge in [0.05, 0.1) is 12.2 Å². The molecule has 0 radical (unpaired) electrons. The van der Waals surface area contributed by atoms with Gasteiger partial charge in [0.25, 0.3) is 0 Å². The summed E-state index contributed by atoms with van der Waals surface area (Å²) in [7, 11) is 0. The summed E-state index contributed by atoms with van der Waals surface area (Å²) in [6.07, 6.45) is 4.23. The van der Waals surface area contributed by atoms with Gasteiger partial charge in [-0.25, -0.2) is 9.97 Å². The Morgan fingerprint density at radius 2 is 1.96 bits per heavy atom. The highest BCUT2D eigenvalue weighted by Gasteiger charge is 2.38. The molecular formula is C21H18N4O2. The average molecular weight is 358 g/mol. The van der Waals surface area contributed by atoms with Gasteiger partial charge >= 0.3 is 0 Å². The lowest BCUT2D eigenvalue weighted by molar-refractivity contribution is 0.446. The van der Waals surface area contributed by atoms with Crippen LogP contribution in [0.5, 0.6) is 0 Å². The van der Waals surface area contributed by atoms with E-state index in [1.165, 1.54) is 0 Å². The highest BCUT2D eigenvalue weighted by molar-refractivity contribution is 5.80. The molecule has 3 aromatic heterocycles. The molecule has 134 valence electrons. The zero-order chi connectivity index (χ0) is 18.4. The Morgan fingerprint density at radius 3 is 2.74 bits per heavy atom. The monoisotopic (exact) mass is 358 g/mol. The van der Waals surface area contributed by atoms with Crippen LogP contribution in [0.2, 0.25) is 0 Å². The summed E-state index contributed by atoms with van der Waals surface area (Å²) in [5.41, 5.74) is 2.46. The van der Waals surface area contributed by atoms with E-state index in [-0.39, 0.29) is 11.5 Å². The summed E-state index contributed by atoms with van der Waals surface area (Å²) >= 11 is 0. The van der Waals surface area contributed by atoms with Crippen molar-refractivity contribution < 1.29 is 4.42 Å². The molecular weight excluding hydrogens is 340 g/mol. The number of hydrogen-bond acceptors (Lipinski definition) is 5. The molecule has 4 heterocycles. The van der Waals surface area contributed by atoms with Gasteiger partial charge in [-0.15, -0.1) is 0 Å². The van der Waals surface area contributed by atoms with E-state index in [4.69, 9.17) is 4.42 Å². The molecule has 6 heteroatoms. The molecule has 1 aliphatic heterocycles. The van der Waals surface area contributed by atoms with Gasteiger partial charge in [0.2, 0.25) is 5.95 Å². The van der Waals surface area contributed by atoms with Gasteiger partial charge in [0.15, 0.2) is 5.43 Å². The Morgan fingerprint density at radius 1 is 1.15 bits per heavy atom. The summed E-state index contributed by atoms with van der Waals surface area (Å²) < 4.78 is 6.06. The van der Waals surface area contributed by atoms with Crippen LogP contribution in [-0.2, 0) is 13.0 Å². The van der Waals surface area contributed by atoms with Gasteiger partial charge in [-0.1, -0.05) is 19.1 Å². The maximum Gasteiger partial charge on any atom is 0.226 e. The largest absolute Gasteiger partial charge is 0.463 e. The maximum absolute atomic E-state index is 13.1. The molecule has 0 saturated carbocycles. The molecule has 1 aliphatic rings. The average Bonchev–Trinajstić information content (AvgIpc) is 3.33. The first-order chi connectivity index (χ1) is 13.3. The van der Waals surface area contributed by atoms with Crippen LogP contribution in [-0.4, -0.2) is 15.0 Å². The Balaban J connectivity index is 1.75. The molecule has 1 unspecified atom stereocenters. The van der Waals surface area contributed by atoms with E-state index >= 15 is 0 Å². The van der Waals surface area contributed by atoms with Gasteiger partial charge in [0, 0.05) is 35.3 Å². The number of nitrogens with zero attached hydrogens (tertiary/aromatic N) is 3. The van der Waals surface area contributed by atoms with Crippen molar-refractivity contribution >= 4 is 16.9 Å². The molecule has 0 bridgehead atoms. The molecule has 0 saturated heterocycles. The number of para-hydroxylation sites is 1. The van der Waals surface area contributed by atoms with E-state index in [1.54, 1.807) is 18.5 Å². The Bertz CT molecular complexity index is 1180. The predicted molar refractivity (Wildman–Crippen MR) is 103 cm³/mol. The second kappa shape index (κ2) is 6.09. The lowest BCUT2D eigenvalue weighted by atomic mass is 10.1. The summed E-state index contributed by atoms with van der Waals surface area (Å²) in [6.45, 7) is 2.49. The summed E-state index contributed by atoms with van der Waals surface area (Å²) in [6, 6.07) is 13.1. The number of H-pyrrole nitrogens is 1. The number of benzene rings is 1. The van der Waals surface area contributed by atoms with E-state index in [0.717, 1.165) is 34.7 Å². The van der Waals surface area contributed by atoms with Gasteiger partial charge in [-0.05, 0) is 30.3 Å². The standard InChI is InChI=1S/C21H18N4O2/c1-2-13-8-9-17(27-13)19-18-15(12-25(19)21-22-10-5-11-23-21)20(26)14-6-3-4-7-16(14)24-18/h3-11,19H,2,12H2,1H3,(H,24,26).